The Morgan fingerprint density at radius 3 is 2.47 bits per heavy atom. The maximum absolute atomic E-state index is 4.83. The van der Waals surface area contributed by atoms with Crippen molar-refractivity contribution < 1.29 is 0 Å². The van der Waals surface area contributed by atoms with Crippen LogP contribution in [0, 0.1) is 6.92 Å². The molecular weight excluding hydrogens is 210 g/mol. The van der Waals surface area contributed by atoms with Gasteiger partial charge in [0.1, 0.15) is 5.82 Å². The summed E-state index contributed by atoms with van der Waals surface area (Å²) in [5.74, 6) is 2.32. The van der Waals surface area contributed by atoms with Crippen molar-refractivity contribution in [2.24, 2.45) is 0 Å². The lowest BCUT2D eigenvalue weighted by Gasteiger charge is -2.27. The number of nitrogens with one attached hydrogen (secondary N) is 1. The first-order chi connectivity index (χ1) is 8.33. The van der Waals surface area contributed by atoms with E-state index in [0.717, 1.165) is 24.6 Å². The van der Waals surface area contributed by atoms with Crippen molar-refractivity contribution in [3.8, 4) is 0 Å². The van der Waals surface area contributed by atoms with Crippen molar-refractivity contribution in [2.45, 2.75) is 50.9 Å². The van der Waals surface area contributed by atoms with Crippen molar-refractivity contribution in [1.29, 1.82) is 0 Å². The maximum atomic E-state index is 4.83. The number of aromatic nitrogens is 2. The fourth-order valence-electron chi connectivity index (χ4n) is 2.88. The maximum Gasteiger partial charge on any atom is 0.134 e. The zero-order valence-electron chi connectivity index (χ0n) is 10.6. The summed E-state index contributed by atoms with van der Waals surface area (Å²) in [6.45, 7) is 4.20. The van der Waals surface area contributed by atoms with E-state index in [1.807, 2.05) is 0 Å². The van der Waals surface area contributed by atoms with Crippen molar-refractivity contribution in [2.75, 3.05) is 13.1 Å². The minimum absolute atomic E-state index is 0.553. The molecule has 0 aromatic carbocycles. The van der Waals surface area contributed by atoms with E-state index in [-0.39, 0.29) is 0 Å². The normalized spacial score (nSPS) is 22.4. The van der Waals surface area contributed by atoms with E-state index in [1.165, 1.54) is 37.8 Å². The number of rotatable bonds is 2. The van der Waals surface area contributed by atoms with E-state index in [2.05, 4.69) is 23.3 Å². The van der Waals surface area contributed by atoms with Crippen LogP contribution in [0.4, 0.5) is 0 Å². The zero-order chi connectivity index (χ0) is 11.7. The van der Waals surface area contributed by atoms with Gasteiger partial charge in [-0.15, -0.1) is 0 Å². The summed E-state index contributed by atoms with van der Waals surface area (Å²) in [6, 6.07) is 2.20. The molecule has 1 aromatic heterocycles. The summed E-state index contributed by atoms with van der Waals surface area (Å²) in [5.41, 5.74) is 2.45. The summed E-state index contributed by atoms with van der Waals surface area (Å²) >= 11 is 0. The average molecular weight is 231 g/mol. The van der Waals surface area contributed by atoms with Gasteiger partial charge in [0.15, 0.2) is 0 Å². The highest BCUT2D eigenvalue weighted by molar-refractivity contribution is 5.18. The Morgan fingerprint density at radius 1 is 1.06 bits per heavy atom. The molecular formula is C14H21N3. The molecule has 0 radical (unpaired) electrons. The first-order valence-electron chi connectivity index (χ1n) is 6.89. The second-order valence-electron chi connectivity index (χ2n) is 5.48. The van der Waals surface area contributed by atoms with Crippen molar-refractivity contribution in [3.05, 3.63) is 23.3 Å². The van der Waals surface area contributed by atoms with Crippen LogP contribution >= 0.6 is 0 Å². The summed E-state index contributed by atoms with van der Waals surface area (Å²) in [6.07, 6.45) is 6.78. The van der Waals surface area contributed by atoms with Gasteiger partial charge in [-0.1, -0.05) is 19.3 Å². The van der Waals surface area contributed by atoms with Gasteiger partial charge < -0.3 is 5.32 Å². The summed E-state index contributed by atoms with van der Waals surface area (Å²) in [5, 5.41) is 3.30. The molecule has 17 heavy (non-hydrogen) atoms. The Hall–Kier alpha value is -0.960. The third-order valence-corrected chi connectivity index (χ3v) is 4.06. The Bertz CT molecular complexity index is 392. The number of hydrogen-bond donors (Lipinski definition) is 1. The topological polar surface area (TPSA) is 37.8 Å². The number of aryl methyl sites for hydroxylation is 1. The minimum atomic E-state index is 0.553. The Kier molecular flexibility index (Phi) is 3.10. The van der Waals surface area contributed by atoms with E-state index < -0.39 is 0 Å². The molecule has 2 aliphatic rings. The van der Waals surface area contributed by atoms with Crippen LogP contribution in [0.3, 0.4) is 0 Å². The molecule has 2 heterocycles. The van der Waals surface area contributed by atoms with Gasteiger partial charge in [0.05, 0.1) is 0 Å². The smallest absolute Gasteiger partial charge is 0.134 e. The van der Waals surface area contributed by atoms with Crippen LogP contribution < -0.4 is 5.32 Å². The third-order valence-electron chi connectivity index (χ3n) is 4.06. The lowest BCUT2D eigenvalue weighted by atomic mass is 9.86. The third kappa shape index (κ3) is 2.34. The summed E-state index contributed by atoms with van der Waals surface area (Å²) in [4.78, 5) is 9.43. The number of nitrogens with zero attached hydrogens (tertiary/aromatic N) is 2. The van der Waals surface area contributed by atoms with Crippen LogP contribution in [0.1, 0.15) is 61.2 Å². The van der Waals surface area contributed by atoms with Gasteiger partial charge in [0.25, 0.3) is 0 Å². The van der Waals surface area contributed by atoms with Crippen LogP contribution in [-0.4, -0.2) is 23.1 Å². The van der Waals surface area contributed by atoms with Gasteiger partial charge in [-0.05, 0) is 25.8 Å². The second kappa shape index (κ2) is 4.73. The molecule has 1 aliphatic heterocycles. The SMILES string of the molecule is Cc1cc(C2CCCCC2)nc(C2CNC2)n1. The first kappa shape index (κ1) is 11.1. The highest BCUT2D eigenvalue weighted by Crippen LogP contribution is 2.32. The summed E-state index contributed by atoms with van der Waals surface area (Å²) in [7, 11) is 0. The molecule has 92 valence electrons. The molecule has 0 spiro atoms. The Morgan fingerprint density at radius 2 is 1.82 bits per heavy atom. The van der Waals surface area contributed by atoms with Crippen molar-refractivity contribution in [1.82, 2.24) is 15.3 Å². The fourth-order valence-corrected chi connectivity index (χ4v) is 2.88. The first-order valence-corrected chi connectivity index (χ1v) is 6.89. The molecule has 3 nitrogen and oxygen atoms in total. The second-order valence-corrected chi connectivity index (χ2v) is 5.48. The molecule has 1 saturated carbocycles. The largest absolute Gasteiger partial charge is 0.315 e. The molecule has 1 aliphatic carbocycles. The zero-order valence-corrected chi connectivity index (χ0v) is 10.6. The van der Waals surface area contributed by atoms with Crippen LogP contribution in [0.25, 0.3) is 0 Å². The van der Waals surface area contributed by atoms with Crippen molar-refractivity contribution in [3.63, 3.8) is 0 Å². The van der Waals surface area contributed by atoms with E-state index in [1.54, 1.807) is 0 Å². The number of hydrogen-bond acceptors (Lipinski definition) is 3. The van der Waals surface area contributed by atoms with Crippen LogP contribution in [0.2, 0.25) is 0 Å². The molecule has 1 aromatic rings. The van der Waals surface area contributed by atoms with Gasteiger partial charge in [-0.25, -0.2) is 9.97 Å². The predicted molar refractivity (Wildman–Crippen MR) is 68.2 cm³/mol. The van der Waals surface area contributed by atoms with E-state index in [9.17, 15) is 0 Å². The molecule has 0 unspecified atom stereocenters. The van der Waals surface area contributed by atoms with Crippen LogP contribution in [-0.2, 0) is 0 Å². The molecule has 0 atom stereocenters. The standard InChI is InChI=1S/C14H21N3/c1-10-7-13(11-5-3-2-4-6-11)17-14(16-10)12-8-15-9-12/h7,11-12,15H,2-6,8-9H2,1H3. The van der Waals surface area contributed by atoms with E-state index in [0.29, 0.717) is 11.8 Å². The van der Waals surface area contributed by atoms with Gasteiger partial charge in [-0.3, -0.25) is 0 Å². The van der Waals surface area contributed by atoms with Gasteiger partial charge in [-0.2, -0.15) is 0 Å². The quantitative estimate of drug-likeness (QED) is 0.850. The van der Waals surface area contributed by atoms with Gasteiger partial charge >= 0.3 is 0 Å². The molecule has 1 N–H and O–H groups in total. The lowest BCUT2D eigenvalue weighted by molar-refractivity contribution is 0.413. The van der Waals surface area contributed by atoms with Gasteiger partial charge in [0, 0.05) is 36.3 Å². The summed E-state index contributed by atoms with van der Waals surface area (Å²) < 4.78 is 0. The molecule has 1 saturated heterocycles. The predicted octanol–water partition coefficient (Wildman–Crippen LogP) is 2.52. The Balaban J connectivity index is 1.84. The van der Waals surface area contributed by atoms with E-state index >= 15 is 0 Å². The Labute approximate surface area is 103 Å². The van der Waals surface area contributed by atoms with Crippen LogP contribution in [0.5, 0.6) is 0 Å². The average Bonchev–Trinajstić information content (AvgIpc) is 2.27. The lowest BCUT2D eigenvalue weighted by Crippen LogP contribution is -2.41. The van der Waals surface area contributed by atoms with Crippen LogP contribution in [0.15, 0.2) is 6.07 Å². The fraction of sp³-hybridized carbons (Fsp3) is 0.714. The molecule has 0 amide bonds. The van der Waals surface area contributed by atoms with E-state index in [4.69, 9.17) is 4.98 Å². The molecule has 2 fully saturated rings. The van der Waals surface area contributed by atoms with Crippen molar-refractivity contribution >= 4 is 0 Å². The minimum Gasteiger partial charge on any atom is -0.315 e. The molecule has 3 rings (SSSR count). The van der Waals surface area contributed by atoms with Gasteiger partial charge in [0.2, 0.25) is 0 Å². The highest BCUT2D eigenvalue weighted by Gasteiger charge is 2.24. The molecule has 3 heteroatoms. The highest BCUT2D eigenvalue weighted by atomic mass is 15.0. The molecule has 0 bridgehead atoms. The monoisotopic (exact) mass is 231 g/mol.